The molecule has 1 aromatic rings. The van der Waals surface area contributed by atoms with E-state index < -0.39 is 0 Å². The zero-order chi connectivity index (χ0) is 13.8. The summed E-state index contributed by atoms with van der Waals surface area (Å²) in [4.78, 5) is 2.40. The highest BCUT2D eigenvalue weighted by Crippen LogP contribution is 2.21. The Morgan fingerprint density at radius 1 is 1.28 bits per heavy atom. The molecule has 0 saturated heterocycles. The highest BCUT2D eigenvalue weighted by molar-refractivity contribution is 6.30. The van der Waals surface area contributed by atoms with Crippen molar-refractivity contribution in [1.29, 1.82) is 0 Å². The van der Waals surface area contributed by atoms with E-state index in [-0.39, 0.29) is 11.6 Å². The van der Waals surface area contributed by atoms with Crippen LogP contribution in [-0.2, 0) is 6.42 Å². The van der Waals surface area contributed by atoms with E-state index in [1.807, 2.05) is 18.2 Å². The third-order valence-electron chi connectivity index (χ3n) is 3.83. The minimum Gasteiger partial charge on any atom is -0.326 e. The Hall–Kier alpha value is -0.570. The molecule has 2 N–H and O–H groups in total. The van der Waals surface area contributed by atoms with Crippen LogP contribution in [0.4, 0.5) is 0 Å². The van der Waals surface area contributed by atoms with Crippen molar-refractivity contribution < 1.29 is 0 Å². The summed E-state index contributed by atoms with van der Waals surface area (Å²) in [6.45, 7) is 10.8. The number of nitrogens with two attached hydrogens (primary N) is 1. The first-order chi connectivity index (χ1) is 8.41. The summed E-state index contributed by atoms with van der Waals surface area (Å²) in [7, 11) is 0. The first kappa shape index (κ1) is 15.5. The van der Waals surface area contributed by atoms with Gasteiger partial charge in [-0.05, 0) is 51.1 Å². The van der Waals surface area contributed by atoms with E-state index in [0.717, 1.165) is 24.5 Å². The maximum Gasteiger partial charge on any atom is 0.0408 e. The smallest absolute Gasteiger partial charge is 0.0408 e. The van der Waals surface area contributed by atoms with Gasteiger partial charge in [0.25, 0.3) is 0 Å². The van der Waals surface area contributed by atoms with Crippen LogP contribution in [0.25, 0.3) is 0 Å². The average Bonchev–Trinajstić information content (AvgIpc) is 2.30. The minimum atomic E-state index is -0.00812. The molecular weight excluding hydrogens is 244 g/mol. The maximum absolute atomic E-state index is 6.40. The summed E-state index contributed by atoms with van der Waals surface area (Å²) < 4.78 is 0. The summed E-state index contributed by atoms with van der Waals surface area (Å²) in [5.74, 6) is 0. The van der Waals surface area contributed by atoms with E-state index in [1.54, 1.807) is 0 Å². The van der Waals surface area contributed by atoms with Crippen LogP contribution >= 0.6 is 11.6 Å². The van der Waals surface area contributed by atoms with Gasteiger partial charge in [-0.15, -0.1) is 0 Å². The van der Waals surface area contributed by atoms with Crippen LogP contribution in [0.2, 0.25) is 5.02 Å². The van der Waals surface area contributed by atoms with Gasteiger partial charge in [0.05, 0.1) is 0 Å². The van der Waals surface area contributed by atoms with E-state index in [9.17, 15) is 0 Å². The molecule has 18 heavy (non-hydrogen) atoms. The highest BCUT2D eigenvalue weighted by atomic mass is 35.5. The average molecular weight is 269 g/mol. The SMILES string of the molecule is CCN(CC)C(C)(C)C(N)Cc1cccc(Cl)c1. The largest absolute Gasteiger partial charge is 0.326 e. The van der Waals surface area contributed by atoms with E-state index in [1.165, 1.54) is 5.56 Å². The summed E-state index contributed by atoms with van der Waals surface area (Å²) in [6, 6.07) is 8.06. The molecule has 3 heteroatoms. The van der Waals surface area contributed by atoms with Gasteiger partial charge in [0.15, 0.2) is 0 Å². The van der Waals surface area contributed by atoms with Crippen molar-refractivity contribution in [2.75, 3.05) is 13.1 Å². The molecule has 0 spiro atoms. The van der Waals surface area contributed by atoms with Gasteiger partial charge in [-0.1, -0.05) is 37.6 Å². The van der Waals surface area contributed by atoms with Crippen molar-refractivity contribution in [2.45, 2.75) is 45.7 Å². The Bertz CT molecular complexity index is 373. The number of likely N-dealkylation sites (N-methyl/N-ethyl adjacent to an activating group) is 1. The van der Waals surface area contributed by atoms with Gasteiger partial charge in [0, 0.05) is 16.6 Å². The number of rotatable bonds is 6. The first-order valence-electron chi connectivity index (χ1n) is 6.66. The molecule has 1 aromatic carbocycles. The molecule has 2 nitrogen and oxygen atoms in total. The Labute approximate surface area is 116 Å². The van der Waals surface area contributed by atoms with Gasteiger partial charge in [0.1, 0.15) is 0 Å². The van der Waals surface area contributed by atoms with E-state index >= 15 is 0 Å². The van der Waals surface area contributed by atoms with Crippen molar-refractivity contribution in [2.24, 2.45) is 5.73 Å². The third kappa shape index (κ3) is 3.71. The molecule has 0 aliphatic heterocycles. The molecule has 0 aliphatic carbocycles. The summed E-state index contributed by atoms with van der Waals surface area (Å²) >= 11 is 6.01. The second-order valence-corrected chi connectivity index (χ2v) is 5.70. The summed E-state index contributed by atoms with van der Waals surface area (Å²) in [5.41, 5.74) is 7.60. The van der Waals surface area contributed by atoms with Gasteiger partial charge in [-0.3, -0.25) is 4.90 Å². The topological polar surface area (TPSA) is 29.3 Å². The van der Waals surface area contributed by atoms with Gasteiger partial charge in [-0.25, -0.2) is 0 Å². The van der Waals surface area contributed by atoms with Crippen LogP contribution in [0.1, 0.15) is 33.3 Å². The summed E-state index contributed by atoms with van der Waals surface area (Å²) in [5, 5.41) is 0.778. The Morgan fingerprint density at radius 2 is 1.89 bits per heavy atom. The molecule has 0 amide bonds. The molecule has 0 radical (unpaired) electrons. The number of hydrogen-bond acceptors (Lipinski definition) is 2. The number of nitrogens with zero attached hydrogens (tertiary/aromatic N) is 1. The normalized spacial score (nSPS) is 13.9. The van der Waals surface area contributed by atoms with Crippen LogP contribution in [0.3, 0.4) is 0 Å². The van der Waals surface area contributed by atoms with E-state index in [4.69, 9.17) is 17.3 Å². The zero-order valence-corrected chi connectivity index (χ0v) is 12.7. The molecule has 102 valence electrons. The van der Waals surface area contributed by atoms with Crippen molar-refractivity contribution in [3.8, 4) is 0 Å². The van der Waals surface area contributed by atoms with E-state index in [0.29, 0.717) is 0 Å². The number of benzene rings is 1. The molecule has 0 aromatic heterocycles. The lowest BCUT2D eigenvalue weighted by Crippen LogP contribution is -2.56. The Kier molecular flexibility index (Phi) is 5.64. The molecule has 0 heterocycles. The first-order valence-corrected chi connectivity index (χ1v) is 7.04. The molecule has 1 atom stereocenters. The minimum absolute atomic E-state index is 0.00812. The van der Waals surface area contributed by atoms with Crippen molar-refractivity contribution >= 4 is 11.6 Å². The van der Waals surface area contributed by atoms with Gasteiger partial charge in [0.2, 0.25) is 0 Å². The predicted molar refractivity (Wildman–Crippen MR) is 80.1 cm³/mol. The second-order valence-electron chi connectivity index (χ2n) is 5.27. The monoisotopic (exact) mass is 268 g/mol. The predicted octanol–water partition coefficient (Wildman–Crippen LogP) is 3.33. The molecule has 0 aliphatic rings. The lowest BCUT2D eigenvalue weighted by molar-refractivity contribution is 0.106. The summed E-state index contributed by atoms with van der Waals surface area (Å²) in [6.07, 6.45) is 0.851. The van der Waals surface area contributed by atoms with Crippen LogP contribution in [-0.4, -0.2) is 29.6 Å². The van der Waals surface area contributed by atoms with Crippen molar-refractivity contribution in [1.82, 2.24) is 4.90 Å². The molecular formula is C15H25ClN2. The number of halogens is 1. The molecule has 0 fully saturated rings. The van der Waals surface area contributed by atoms with Crippen LogP contribution < -0.4 is 5.73 Å². The highest BCUT2D eigenvalue weighted by Gasteiger charge is 2.31. The quantitative estimate of drug-likeness (QED) is 0.858. The van der Waals surface area contributed by atoms with E-state index in [2.05, 4.69) is 38.7 Å². The van der Waals surface area contributed by atoms with Gasteiger partial charge < -0.3 is 5.73 Å². The fourth-order valence-corrected chi connectivity index (χ4v) is 2.65. The number of hydrogen-bond donors (Lipinski definition) is 1. The van der Waals surface area contributed by atoms with Crippen molar-refractivity contribution in [3.63, 3.8) is 0 Å². The lowest BCUT2D eigenvalue weighted by Gasteiger charge is -2.42. The standard InChI is InChI=1S/C15H25ClN2/c1-5-18(6-2)15(3,4)14(17)11-12-8-7-9-13(16)10-12/h7-10,14H,5-6,11,17H2,1-4H3. The Morgan fingerprint density at radius 3 is 2.39 bits per heavy atom. The molecule has 0 saturated carbocycles. The van der Waals surface area contributed by atoms with Crippen LogP contribution in [0.15, 0.2) is 24.3 Å². The molecule has 1 unspecified atom stereocenters. The van der Waals surface area contributed by atoms with Crippen LogP contribution in [0, 0.1) is 0 Å². The maximum atomic E-state index is 6.40. The third-order valence-corrected chi connectivity index (χ3v) is 4.07. The molecule has 1 rings (SSSR count). The zero-order valence-electron chi connectivity index (χ0n) is 11.9. The van der Waals surface area contributed by atoms with Crippen LogP contribution in [0.5, 0.6) is 0 Å². The fourth-order valence-electron chi connectivity index (χ4n) is 2.44. The van der Waals surface area contributed by atoms with Gasteiger partial charge >= 0.3 is 0 Å². The van der Waals surface area contributed by atoms with Gasteiger partial charge in [-0.2, -0.15) is 0 Å². The second kappa shape index (κ2) is 6.55. The Balaban J connectivity index is 2.78. The molecule has 0 bridgehead atoms. The van der Waals surface area contributed by atoms with Crippen molar-refractivity contribution in [3.05, 3.63) is 34.9 Å². The lowest BCUT2D eigenvalue weighted by atomic mass is 9.88. The fraction of sp³-hybridized carbons (Fsp3) is 0.600.